The minimum atomic E-state index is 0.739. The lowest BCUT2D eigenvalue weighted by atomic mass is 10.2. The molecule has 1 rings (SSSR count). The van der Waals surface area contributed by atoms with Gasteiger partial charge in [0.1, 0.15) is 0 Å². The van der Waals surface area contributed by atoms with Gasteiger partial charge in [0.05, 0.1) is 6.54 Å². The molecule has 0 amide bonds. The average molecular weight is 185 g/mol. The summed E-state index contributed by atoms with van der Waals surface area (Å²) in [6, 6.07) is 10.0. The summed E-state index contributed by atoms with van der Waals surface area (Å²) >= 11 is 0. The van der Waals surface area contributed by atoms with Gasteiger partial charge in [-0.25, -0.2) is 0 Å². The molecule has 0 aliphatic heterocycles. The standard InChI is InChI=1S/C13H15N/c1-2-3-11-14-12-7-10-13-8-5-4-6-9-13/h2,4-6,8-9,14H,1,3,11-12H2. The van der Waals surface area contributed by atoms with Crippen LogP contribution in [0.25, 0.3) is 0 Å². The third-order valence-corrected chi connectivity index (χ3v) is 1.75. The summed E-state index contributed by atoms with van der Waals surface area (Å²) in [5, 5.41) is 3.21. The molecule has 0 radical (unpaired) electrons. The summed E-state index contributed by atoms with van der Waals surface area (Å²) in [7, 11) is 0. The second kappa shape index (κ2) is 6.94. The monoisotopic (exact) mass is 185 g/mol. The summed E-state index contributed by atoms with van der Waals surface area (Å²) in [6.07, 6.45) is 2.89. The molecule has 0 aliphatic carbocycles. The molecule has 0 bridgehead atoms. The van der Waals surface area contributed by atoms with Gasteiger partial charge in [0.15, 0.2) is 0 Å². The molecule has 72 valence electrons. The van der Waals surface area contributed by atoms with Crippen molar-refractivity contribution in [1.82, 2.24) is 5.32 Å². The molecular weight excluding hydrogens is 170 g/mol. The Hall–Kier alpha value is -1.52. The number of hydrogen-bond acceptors (Lipinski definition) is 1. The van der Waals surface area contributed by atoms with Gasteiger partial charge in [-0.15, -0.1) is 6.58 Å². The summed E-state index contributed by atoms with van der Waals surface area (Å²) in [5.74, 6) is 6.15. The molecule has 0 fully saturated rings. The molecular formula is C13H15N. The van der Waals surface area contributed by atoms with Crippen molar-refractivity contribution in [1.29, 1.82) is 0 Å². The van der Waals surface area contributed by atoms with Crippen molar-refractivity contribution in [2.75, 3.05) is 13.1 Å². The summed E-state index contributed by atoms with van der Waals surface area (Å²) in [4.78, 5) is 0. The first-order valence-corrected chi connectivity index (χ1v) is 4.79. The zero-order chi connectivity index (χ0) is 10.1. The first-order valence-electron chi connectivity index (χ1n) is 4.79. The fourth-order valence-corrected chi connectivity index (χ4v) is 1.02. The van der Waals surface area contributed by atoms with Crippen molar-refractivity contribution in [2.45, 2.75) is 6.42 Å². The van der Waals surface area contributed by atoms with Crippen molar-refractivity contribution < 1.29 is 0 Å². The molecule has 1 N–H and O–H groups in total. The molecule has 0 spiro atoms. The molecule has 1 heteroatoms. The van der Waals surface area contributed by atoms with Crippen molar-refractivity contribution in [3.05, 3.63) is 48.6 Å². The van der Waals surface area contributed by atoms with Gasteiger partial charge >= 0.3 is 0 Å². The van der Waals surface area contributed by atoms with E-state index >= 15 is 0 Å². The lowest BCUT2D eigenvalue weighted by molar-refractivity contribution is 0.766. The molecule has 14 heavy (non-hydrogen) atoms. The second-order valence-corrected chi connectivity index (χ2v) is 2.92. The van der Waals surface area contributed by atoms with Crippen molar-refractivity contribution in [2.24, 2.45) is 0 Å². The van der Waals surface area contributed by atoms with Gasteiger partial charge in [0, 0.05) is 5.56 Å². The number of hydrogen-bond donors (Lipinski definition) is 1. The Labute approximate surface area is 85.8 Å². The van der Waals surface area contributed by atoms with Crippen LogP contribution in [0.5, 0.6) is 0 Å². The van der Waals surface area contributed by atoms with E-state index in [0.29, 0.717) is 0 Å². The highest BCUT2D eigenvalue weighted by Crippen LogP contribution is 1.93. The molecule has 0 aliphatic rings. The molecule has 1 aromatic rings. The van der Waals surface area contributed by atoms with Gasteiger partial charge in [-0.1, -0.05) is 36.1 Å². The molecule has 0 atom stereocenters. The predicted octanol–water partition coefficient (Wildman–Crippen LogP) is 2.20. The van der Waals surface area contributed by atoms with E-state index in [1.807, 2.05) is 36.4 Å². The Bertz CT molecular complexity index is 316. The molecule has 0 saturated carbocycles. The van der Waals surface area contributed by atoms with Gasteiger partial charge in [-0.05, 0) is 25.1 Å². The van der Waals surface area contributed by atoms with Crippen molar-refractivity contribution >= 4 is 0 Å². The summed E-state index contributed by atoms with van der Waals surface area (Å²) < 4.78 is 0. The Balaban J connectivity index is 2.24. The van der Waals surface area contributed by atoms with E-state index in [0.717, 1.165) is 25.1 Å². The quantitative estimate of drug-likeness (QED) is 0.431. The second-order valence-electron chi connectivity index (χ2n) is 2.92. The van der Waals surface area contributed by atoms with Gasteiger partial charge in [-0.2, -0.15) is 0 Å². The Morgan fingerprint density at radius 1 is 1.29 bits per heavy atom. The van der Waals surface area contributed by atoms with E-state index in [1.54, 1.807) is 0 Å². The highest BCUT2D eigenvalue weighted by Gasteiger charge is 1.81. The highest BCUT2D eigenvalue weighted by atomic mass is 14.8. The van der Waals surface area contributed by atoms with E-state index in [2.05, 4.69) is 23.7 Å². The first kappa shape index (κ1) is 10.6. The summed E-state index contributed by atoms with van der Waals surface area (Å²) in [6.45, 7) is 5.34. The zero-order valence-electron chi connectivity index (χ0n) is 8.29. The predicted molar refractivity (Wildman–Crippen MR) is 61.0 cm³/mol. The number of nitrogens with one attached hydrogen (secondary N) is 1. The van der Waals surface area contributed by atoms with Crippen LogP contribution in [0, 0.1) is 11.8 Å². The van der Waals surface area contributed by atoms with Gasteiger partial charge < -0.3 is 5.32 Å². The summed E-state index contributed by atoms with van der Waals surface area (Å²) in [5.41, 5.74) is 1.07. The molecule has 1 aromatic carbocycles. The van der Waals surface area contributed by atoms with Crippen LogP contribution >= 0.6 is 0 Å². The highest BCUT2D eigenvalue weighted by molar-refractivity contribution is 5.33. The molecule has 1 nitrogen and oxygen atoms in total. The largest absolute Gasteiger partial charge is 0.306 e. The van der Waals surface area contributed by atoms with E-state index < -0.39 is 0 Å². The number of benzene rings is 1. The number of rotatable bonds is 4. The van der Waals surface area contributed by atoms with E-state index in [4.69, 9.17) is 0 Å². The fraction of sp³-hybridized carbons (Fsp3) is 0.231. The maximum absolute atomic E-state index is 3.65. The smallest absolute Gasteiger partial charge is 0.0580 e. The lowest BCUT2D eigenvalue weighted by Crippen LogP contribution is -2.14. The van der Waals surface area contributed by atoms with Crippen molar-refractivity contribution in [3.63, 3.8) is 0 Å². The fourth-order valence-electron chi connectivity index (χ4n) is 1.02. The molecule has 0 heterocycles. The molecule has 0 unspecified atom stereocenters. The first-order chi connectivity index (χ1) is 6.93. The van der Waals surface area contributed by atoms with Crippen LogP contribution < -0.4 is 5.32 Å². The molecule has 0 aromatic heterocycles. The van der Waals surface area contributed by atoms with Gasteiger partial charge in [-0.3, -0.25) is 0 Å². The van der Waals surface area contributed by atoms with Crippen LogP contribution in [0.3, 0.4) is 0 Å². The molecule has 0 saturated heterocycles. The maximum Gasteiger partial charge on any atom is 0.0580 e. The SMILES string of the molecule is C=CCCNCC#Cc1ccccc1. The maximum atomic E-state index is 3.65. The van der Waals surface area contributed by atoms with Crippen LogP contribution in [0.2, 0.25) is 0 Å². The third kappa shape index (κ3) is 4.49. The zero-order valence-corrected chi connectivity index (χ0v) is 8.29. The van der Waals surface area contributed by atoms with Crippen LogP contribution in [0.4, 0.5) is 0 Å². The normalized spacial score (nSPS) is 8.86. The van der Waals surface area contributed by atoms with E-state index in [9.17, 15) is 0 Å². The lowest BCUT2D eigenvalue weighted by Gasteiger charge is -1.94. The van der Waals surface area contributed by atoms with Crippen molar-refractivity contribution in [3.8, 4) is 11.8 Å². The van der Waals surface area contributed by atoms with Gasteiger partial charge in [0.25, 0.3) is 0 Å². The minimum Gasteiger partial charge on any atom is -0.306 e. The van der Waals surface area contributed by atoms with Gasteiger partial charge in [0.2, 0.25) is 0 Å². The Morgan fingerprint density at radius 3 is 2.79 bits per heavy atom. The van der Waals surface area contributed by atoms with Crippen LogP contribution in [-0.4, -0.2) is 13.1 Å². The van der Waals surface area contributed by atoms with Crippen LogP contribution in [-0.2, 0) is 0 Å². The Kier molecular flexibility index (Phi) is 5.23. The van der Waals surface area contributed by atoms with Crippen LogP contribution in [0.15, 0.2) is 43.0 Å². The third-order valence-electron chi connectivity index (χ3n) is 1.75. The topological polar surface area (TPSA) is 12.0 Å². The minimum absolute atomic E-state index is 0.739. The van der Waals surface area contributed by atoms with Crippen LogP contribution in [0.1, 0.15) is 12.0 Å². The average Bonchev–Trinajstić information content (AvgIpc) is 2.25. The Morgan fingerprint density at radius 2 is 2.07 bits per heavy atom. The van der Waals surface area contributed by atoms with E-state index in [-0.39, 0.29) is 0 Å². The van der Waals surface area contributed by atoms with E-state index in [1.165, 1.54) is 0 Å².